The highest BCUT2D eigenvalue weighted by atomic mass is 32.1. The molecule has 0 aromatic heterocycles. The molecule has 0 aliphatic carbocycles. The van der Waals surface area contributed by atoms with Crippen LogP contribution in [0, 0.1) is 19.7 Å². The summed E-state index contributed by atoms with van der Waals surface area (Å²) in [5, 5.41) is 3.03. The summed E-state index contributed by atoms with van der Waals surface area (Å²) in [4.78, 5) is 0. The molecule has 0 amide bonds. The van der Waals surface area contributed by atoms with Crippen LogP contribution in [-0.4, -0.2) is 12.3 Å². The third-order valence-corrected chi connectivity index (χ3v) is 3.51. The van der Waals surface area contributed by atoms with Gasteiger partial charge in [0.05, 0.1) is 12.8 Å². The van der Waals surface area contributed by atoms with Gasteiger partial charge in [0.2, 0.25) is 0 Å². The summed E-state index contributed by atoms with van der Waals surface area (Å²) >= 11 is 4.96. The van der Waals surface area contributed by atoms with Gasteiger partial charge in [-0.05, 0) is 49.8 Å². The highest BCUT2D eigenvalue weighted by molar-refractivity contribution is 7.80. The lowest BCUT2D eigenvalue weighted by Gasteiger charge is -2.15. The van der Waals surface area contributed by atoms with Crippen molar-refractivity contribution in [1.29, 1.82) is 0 Å². The fraction of sp³-hybridized carbons (Fsp3) is 0.235. The molecule has 2 aromatic rings. The number of rotatable bonds is 4. The average Bonchev–Trinajstić information content (AvgIpc) is 2.48. The molecule has 2 rings (SSSR count). The first-order valence-electron chi connectivity index (χ1n) is 6.83. The van der Waals surface area contributed by atoms with Gasteiger partial charge in [-0.15, -0.1) is 0 Å². The van der Waals surface area contributed by atoms with E-state index in [4.69, 9.17) is 21.7 Å². The van der Waals surface area contributed by atoms with Crippen LogP contribution in [0.25, 0.3) is 0 Å². The molecule has 0 radical (unpaired) electrons. The van der Waals surface area contributed by atoms with E-state index in [1.165, 1.54) is 13.2 Å². The first-order chi connectivity index (χ1) is 10.5. The number of nitrogens with one attached hydrogen (secondary N) is 1. The number of thiocarbonyl (C=S) groups is 1. The summed E-state index contributed by atoms with van der Waals surface area (Å²) in [6, 6.07) is 10.6. The van der Waals surface area contributed by atoms with Crippen molar-refractivity contribution in [2.45, 2.75) is 20.5 Å². The Morgan fingerprint density at radius 1 is 1.23 bits per heavy atom. The van der Waals surface area contributed by atoms with E-state index in [1.54, 1.807) is 12.1 Å². The summed E-state index contributed by atoms with van der Waals surface area (Å²) in [7, 11) is 1.46. The van der Waals surface area contributed by atoms with Gasteiger partial charge < -0.3 is 14.8 Å². The molecule has 3 nitrogen and oxygen atoms in total. The molecule has 1 N–H and O–H groups in total. The van der Waals surface area contributed by atoms with Gasteiger partial charge in [-0.25, -0.2) is 4.39 Å². The van der Waals surface area contributed by atoms with Crippen molar-refractivity contribution in [3.8, 4) is 5.75 Å². The van der Waals surface area contributed by atoms with Gasteiger partial charge in [0.1, 0.15) is 18.2 Å². The van der Waals surface area contributed by atoms with E-state index in [1.807, 2.05) is 32.0 Å². The van der Waals surface area contributed by atoms with Crippen LogP contribution < -0.4 is 10.1 Å². The Labute approximate surface area is 135 Å². The van der Waals surface area contributed by atoms with Crippen molar-refractivity contribution < 1.29 is 13.9 Å². The molecular weight excluding hydrogens is 301 g/mol. The molecule has 0 unspecified atom stereocenters. The fourth-order valence-electron chi connectivity index (χ4n) is 2.09. The highest BCUT2D eigenvalue weighted by Crippen LogP contribution is 2.24. The van der Waals surface area contributed by atoms with Crippen molar-refractivity contribution in [2.24, 2.45) is 0 Å². The number of ether oxygens (including phenoxy) is 2. The fourth-order valence-corrected chi connectivity index (χ4v) is 2.20. The molecular formula is C17H18FNO2S. The van der Waals surface area contributed by atoms with Crippen LogP contribution in [0.3, 0.4) is 0 Å². The van der Waals surface area contributed by atoms with Crippen LogP contribution in [0.4, 0.5) is 10.1 Å². The Balaban J connectivity index is 2.19. The minimum absolute atomic E-state index is 0.102. The molecule has 0 atom stereocenters. The van der Waals surface area contributed by atoms with Crippen LogP contribution in [0.15, 0.2) is 36.4 Å². The van der Waals surface area contributed by atoms with Gasteiger partial charge in [0.15, 0.2) is 0 Å². The maximum atomic E-state index is 14.1. The maximum absolute atomic E-state index is 14.1. The molecule has 0 aliphatic rings. The van der Waals surface area contributed by atoms with Crippen LogP contribution >= 0.6 is 12.2 Å². The zero-order valence-corrected chi connectivity index (χ0v) is 13.6. The van der Waals surface area contributed by atoms with E-state index in [0.29, 0.717) is 11.3 Å². The van der Waals surface area contributed by atoms with Crippen LogP contribution in [0.5, 0.6) is 5.75 Å². The third-order valence-electron chi connectivity index (χ3n) is 3.24. The van der Waals surface area contributed by atoms with E-state index in [2.05, 4.69) is 5.32 Å². The molecule has 0 heterocycles. The van der Waals surface area contributed by atoms with Gasteiger partial charge in [0.25, 0.3) is 5.17 Å². The first-order valence-corrected chi connectivity index (χ1v) is 7.24. The van der Waals surface area contributed by atoms with E-state index in [-0.39, 0.29) is 17.6 Å². The van der Waals surface area contributed by atoms with E-state index in [0.717, 1.165) is 16.9 Å². The number of hydrogen-bond donors (Lipinski definition) is 1. The van der Waals surface area contributed by atoms with Crippen molar-refractivity contribution in [2.75, 3.05) is 12.4 Å². The van der Waals surface area contributed by atoms with Crippen molar-refractivity contribution in [3.63, 3.8) is 0 Å². The van der Waals surface area contributed by atoms with Gasteiger partial charge >= 0.3 is 0 Å². The Hall–Kier alpha value is -2.14. The minimum Gasteiger partial charge on any atom is -0.488 e. The predicted octanol–water partition coefficient (Wildman–Crippen LogP) is 4.36. The summed E-state index contributed by atoms with van der Waals surface area (Å²) in [6.07, 6.45) is 0. The predicted molar refractivity (Wildman–Crippen MR) is 89.9 cm³/mol. The Kier molecular flexibility index (Phi) is 5.33. The zero-order valence-electron chi connectivity index (χ0n) is 12.8. The molecule has 22 heavy (non-hydrogen) atoms. The zero-order chi connectivity index (χ0) is 16.1. The number of aryl methyl sites for hydroxylation is 2. The second kappa shape index (κ2) is 7.22. The second-order valence-corrected chi connectivity index (χ2v) is 5.31. The third kappa shape index (κ3) is 3.95. The number of methoxy groups -OCH3 is 1. The number of benzene rings is 2. The molecule has 0 fully saturated rings. The molecule has 2 aromatic carbocycles. The topological polar surface area (TPSA) is 30.5 Å². The van der Waals surface area contributed by atoms with Crippen LogP contribution in [0.2, 0.25) is 0 Å². The van der Waals surface area contributed by atoms with Gasteiger partial charge in [0, 0.05) is 5.56 Å². The molecule has 0 spiro atoms. The van der Waals surface area contributed by atoms with Crippen molar-refractivity contribution in [1.82, 2.24) is 0 Å². The highest BCUT2D eigenvalue weighted by Gasteiger charge is 2.11. The average molecular weight is 319 g/mol. The van der Waals surface area contributed by atoms with E-state index < -0.39 is 0 Å². The van der Waals surface area contributed by atoms with E-state index in [9.17, 15) is 4.39 Å². The van der Waals surface area contributed by atoms with Crippen LogP contribution in [-0.2, 0) is 11.3 Å². The second-order valence-electron chi connectivity index (χ2n) is 4.94. The minimum atomic E-state index is -0.353. The van der Waals surface area contributed by atoms with Crippen molar-refractivity contribution in [3.05, 3.63) is 58.9 Å². The molecule has 0 saturated carbocycles. The van der Waals surface area contributed by atoms with Gasteiger partial charge in [-0.1, -0.05) is 23.8 Å². The monoisotopic (exact) mass is 319 g/mol. The number of halogens is 1. The van der Waals surface area contributed by atoms with Crippen molar-refractivity contribution >= 4 is 23.1 Å². The molecule has 0 bridgehead atoms. The lowest BCUT2D eigenvalue weighted by molar-refractivity contribution is 0.298. The largest absolute Gasteiger partial charge is 0.488 e. The first kappa shape index (κ1) is 16.2. The summed E-state index contributed by atoms with van der Waals surface area (Å²) in [5.74, 6) is 0.378. The number of hydrogen-bond acceptors (Lipinski definition) is 3. The summed E-state index contributed by atoms with van der Waals surface area (Å²) in [5.41, 5.74) is 3.11. The smallest absolute Gasteiger partial charge is 0.260 e. The molecule has 0 saturated heterocycles. The maximum Gasteiger partial charge on any atom is 0.260 e. The molecule has 0 aliphatic heterocycles. The van der Waals surface area contributed by atoms with Gasteiger partial charge in [-0.2, -0.15) is 0 Å². The quantitative estimate of drug-likeness (QED) is 0.848. The molecule has 5 heteroatoms. The lowest BCUT2D eigenvalue weighted by Crippen LogP contribution is -2.14. The SMILES string of the molecule is COC(=S)Nc1cccc(F)c1COc1ccc(C)cc1C. The standard InChI is InChI=1S/C17H18FNO2S/c1-11-7-8-16(12(2)9-11)21-10-13-14(18)5-4-6-15(13)19-17(22)20-3/h4-9H,10H2,1-3H3,(H,19,22). The van der Waals surface area contributed by atoms with Crippen LogP contribution in [0.1, 0.15) is 16.7 Å². The Morgan fingerprint density at radius 3 is 2.68 bits per heavy atom. The van der Waals surface area contributed by atoms with E-state index >= 15 is 0 Å². The Bertz CT molecular complexity index is 688. The van der Waals surface area contributed by atoms with Gasteiger partial charge in [-0.3, -0.25) is 0 Å². The number of anilines is 1. The summed E-state index contributed by atoms with van der Waals surface area (Å²) < 4.78 is 24.7. The Morgan fingerprint density at radius 2 is 2.00 bits per heavy atom. The molecule has 116 valence electrons. The normalized spacial score (nSPS) is 10.2. The lowest BCUT2D eigenvalue weighted by atomic mass is 10.1. The summed E-state index contributed by atoms with van der Waals surface area (Å²) in [6.45, 7) is 4.08.